The molecule has 1 aliphatic carbocycles. The molecule has 104 valence electrons. The Balaban J connectivity index is 1.97. The molecule has 0 heterocycles. The van der Waals surface area contributed by atoms with Crippen LogP contribution in [0.1, 0.15) is 36.0 Å². The van der Waals surface area contributed by atoms with Crippen LogP contribution < -0.4 is 4.72 Å². The number of benzene rings is 1. The zero-order valence-electron chi connectivity index (χ0n) is 10.5. The summed E-state index contributed by atoms with van der Waals surface area (Å²) in [5, 5.41) is 8.84. The summed E-state index contributed by atoms with van der Waals surface area (Å²) >= 11 is 0. The zero-order valence-corrected chi connectivity index (χ0v) is 11.3. The first-order valence-corrected chi connectivity index (χ1v) is 7.80. The van der Waals surface area contributed by atoms with Crippen molar-refractivity contribution in [2.45, 2.75) is 30.6 Å². The first-order valence-electron chi connectivity index (χ1n) is 6.32. The summed E-state index contributed by atoms with van der Waals surface area (Å²) in [6.45, 7) is 0.399. The van der Waals surface area contributed by atoms with E-state index in [0.29, 0.717) is 6.54 Å². The Morgan fingerprint density at radius 2 is 2.11 bits per heavy atom. The molecule has 0 spiro atoms. The van der Waals surface area contributed by atoms with Crippen LogP contribution in [0.2, 0.25) is 0 Å². The van der Waals surface area contributed by atoms with E-state index < -0.39 is 16.0 Å². The van der Waals surface area contributed by atoms with Gasteiger partial charge >= 0.3 is 5.97 Å². The van der Waals surface area contributed by atoms with Crippen molar-refractivity contribution in [2.24, 2.45) is 5.92 Å². The Labute approximate surface area is 112 Å². The van der Waals surface area contributed by atoms with Gasteiger partial charge in [-0.3, -0.25) is 0 Å². The molecule has 5 nitrogen and oxygen atoms in total. The molecule has 0 aromatic heterocycles. The third-order valence-electron chi connectivity index (χ3n) is 3.17. The topological polar surface area (TPSA) is 83.5 Å². The van der Waals surface area contributed by atoms with Crippen molar-refractivity contribution >= 4 is 16.0 Å². The van der Waals surface area contributed by atoms with Crippen molar-refractivity contribution in [2.75, 3.05) is 6.54 Å². The third kappa shape index (κ3) is 4.04. The molecule has 0 unspecified atom stereocenters. The number of rotatable bonds is 7. The van der Waals surface area contributed by atoms with Gasteiger partial charge in [0.05, 0.1) is 10.5 Å². The highest BCUT2D eigenvalue weighted by molar-refractivity contribution is 7.89. The minimum atomic E-state index is -3.61. The standard InChI is InChI=1S/C13H17NO4S/c15-13(16)11-4-1-5-12(9-11)19(17,18)14-8-2-3-10-6-7-10/h1,4-5,9-10,14H,2-3,6-8H2,(H,15,16). The average Bonchev–Trinajstić information content (AvgIpc) is 3.19. The fourth-order valence-electron chi connectivity index (χ4n) is 1.88. The summed E-state index contributed by atoms with van der Waals surface area (Å²) in [6.07, 6.45) is 4.39. The minimum Gasteiger partial charge on any atom is -0.478 e. The molecule has 6 heteroatoms. The largest absolute Gasteiger partial charge is 0.478 e. The summed E-state index contributed by atoms with van der Waals surface area (Å²) in [4.78, 5) is 10.8. The number of carboxylic acids is 1. The lowest BCUT2D eigenvalue weighted by Gasteiger charge is -2.07. The molecule has 0 saturated heterocycles. The lowest BCUT2D eigenvalue weighted by atomic mass is 10.2. The number of carboxylic acid groups (broad SMARTS) is 1. The summed E-state index contributed by atoms with van der Waals surface area (Å²) in [5.74, 6) is -0.356. The molecular formula is C13H17NO4S. The molecule has 0 aliphatic heterocycles. The average molecular weight is 283 g/mol. The second-order valence-corrected chi connectivity index (χ2v) is 6.58. The summed E-state index contributed by atoms with van der Waals surface area (Å²) in [6, 6.07) is 5.37. The van der Waals surface area contributed by atoms with E-state index in [4.69, 9.17) is 5.11 Å². The van der Waals surface area contributed by atoms with Crippen molar-refractivity contribution in [3.05, 3.63) is 29.8 Å². The van der Waals surface area contributed by atoms with Gasteiger partial charge in [-0.05, 0) is 37.0 Å². The van der Waals surface area contributed by atoms with Gasteiger partial charge in [-0.15, -0.1) is 0 Å². The van der Waals surface area contributed by atoms with E-state index >= 15 is 0 Å². The van der Waals surface area contributed by atoms with Crippen LogP contribution in [0, 0.1) is 5.92 Å². The molecule has 1 fully saturated rings. The van der Waals surface area contributed by atoms with E-state index in [0.717, 1.165) is 18.8 Å². The monoisotopic (exact) mass is 283 g/mol. The molecule has 0 radical (unpaired) electrons. The van der Waals surface area contributed by atoms with E-state index in [9.17, 15) is 13.2 Å². The van der Waals surface area contributed by atoms with E-state index in [2.05, 4.69) is 4.72 Å². The van der Waals surface area contributed by atoms with Crippen LogP contribution in [0.5, 0.6) is 0 Å². The Bertz CT molecular complexity index is 564. The highest BCUT2D eigenvalue weighted by Crippen LogP contribution is 2.33. The molecule has 0 atom stereocenters. The van der Waals surface area contributed by atoms with Gasteiger partial charge in [0.15, 0.2) is 0 Å². The van der Waals surface area contributed by atoms with Gasteiger partial charge in [-0.25, -0.2) is 17.9 Å². The Hall–Kier alpha value is -1.40. The van der Waals surface area contributed by atoms with Crippen LogP contribution in [-0.4, -0.2) is 26.0 Å². The van der Waals surface area contributed by atoms with Gasteiger partial charge in [-0.2, -0.15) is 0 Å². The number of hydrogen-bond donors (Lipinski definition) is 2. The molecule has 1 aromatic rings. The smallest absolute Gasteiger partial charge is 0.335 e. The molecule has 1 aliphatic rings. The van der Waals surface area contributed by atoms with Crippen LogP contribution in [-0.2, 0) is 10.0 Å². The van der Waals surface area contributed by atoms with Crippen LogP contribution in [0.4, 0.5) is 0 Å². The van der Waals surface area contributed by atoms with E-state index in [1.807, 2.05) is 0 Å². The second kappa shape index (κ2) is 5.71. The predicted molar refractivity (Wildman–Crippen MR) is 70.5 cm³/mol. The summed E-state index contributed by atoms with van der Waals surface area (Å²) in [5.41, 5.74) is -0.0270. The molecule has 2 N–H and O–H groups in total. The van der Waals surface area contributed by atoms with Gasteiger partial charge in [-0.1, -0.05) is 18.9 Å². The fraction of sp³-hybridized carbons (Fsp3) is 0.462. The number of hydrogen-bond acceptors (Lipinski definition) is 3. The van der Waals surface area contributed by atoms with Crippen molar-refractivity contribution in [3.63, 3.8) is 0 Å². The number of carbonyl (C=O) groups is 1. The highest BCUT2D eigenvalue weighted by Gasteiger charge is 2.21. The van der Waals surface area contributed by atoms with Crippen LogP contribution in [0.25, 0.3) is 0 Å². The molecule has 1 saturated carbocycles. The van der Waals surface area contributed by atoms with Crippen LogP contribution >= 0.6 is 0 Å². The molecule has 1 aromatic carbocycles. The van der Waals surface area contributed by atoms with Gasteiger partial charge < -0.3 is 5.11 Å². The van der Waals surface area contributed by atoms with Crippen LogP contribution in [0.15, 0.2) is 29.2 Å². The molecule has 0 amide bonds. The second-order valence-electron chi connectivity index (χ2n) is 4.82. The number of aromatic carboxylic acids is 1. The van der Waals surface area contributed by atoms with Crippen molar-refractivity contribution in [1.82, 2.24) is 4.72 Å². The number of nitrogens with one attached hydrogen (secondary N) is 1. The lowest BCUT2D eigenvalue weighted by molar-refractivity contribution is 0.0696. The van der Waals surface area contributed by atoms with Crippen LogP contribution in [0.3, 0.4) is 0 Å². The first-order chi connectivity index (χ1) is 8.99. The van der Waals surface area contributed by atoms with E-state index in [1.54, 1.807) is 0 Å². The normalized spacial score (nSPS) is 15.4. The van der Waals surface area contributed by atoms with E-state index in [1.165, 1.54) is 37.1 Å². The molecule has 19 heavy (non-hydrogen) atoms. The van der Waals surface area contributed by atoms with Crippen molar-refractivity contribution in [1.29, 1.82) is 0 Å². The van der Waals surface area contributed by atoms with E-state index in [-0.39, 0.29) is 10.5 Å². The molecule has 0 bridgehead atoms. The van der Waals surface area contributed by atoms with Crippen molar-refractivity contribution in [3.8, 4) is 0 Å². The molecular weight excluding hydrogens is 266 g/mol. The zero-order chi connectivity index (χ0) is 13.9. The summed E-state index contributed by atoms with van der Waals surface area (Å²) in [7, 11) is -3.61. The van der Waals surface area contributed by atoms with Gasteiger partial charge in [0.1, 0.15) is 0 Å². The Kier molecular flexibility index (Phi) is 4.21. The first kappa shape index (κ1) is 14.0. The maximum atomic E-state index is 12.0. The lowest BCUT2D eigenvalue weighted by Crippen LogP contribution is -2.25. The van der Waals surface area contributed by atoms with Gasteiger partial charge in [0, 0.05) is 6.54 Å². The van der Waals surface area contributed by atoms with Crippen molar-refractivity contribution < 1.29 is 18.3 Å². The summed E-state index contributed by atoms with van der Waals surface area (Å²) < 4.78 is 26.4. The SMILES string of the molecule is O=C(O)c1cccc(S(=O)(=O)NCCCC2CC2)c1. The maximum Gasteiger partial charge on any atom is 0.335 e. The quantitative estimate of drug-likeness (QED) is 0.748. The highest BCUT2D eigenvalue weighted by atomic mass is 32.2. The third-order valence-corrected chi connectivity index (χ3v) is 4.63. The Morgan fingerprint density at radius 1 is 1.37 bits per heavy atom. The Morgan fingerprint density at radius 3 is 2.74 bits per heavy atom. The number of sulfonamides is 1. The fourth-order valence-corrected chi connectivity index (χ4v) is 3.00. The maximum absolute atomic E-state index is 12.0. The minimum absolute atomic E-state index is 0.00109. The predicted octanol–water partition coefficient (Wildman–Crippen LogP) is 1.85. The molecule has 2 rings (SSSR count). The van der Waals surface area contributed by atoms with Gasteiger partial charge in [0.2, 0.25) is 10.0 Å². The van der Waals surface area contributed by atoms with Gasteiger partial charge in [0.25, 0.3) is 0 Å².